The van der Waals surface area contributed by atoms with E-state index in [1.165, 1.54) is 0 Å². The van der Waals surface area contributed by atoms with E-state index in [9.17, 15) is 5.11 Å². The maximum atomic E-state index is 10.5. The van der Waals surface area contributed by atoms with Crippen LogP contribution in [0.5, 0.6) is 28.7 Å². The number of aromatic hydroxyl groups is 1. The molecule has 2 aliphatic heterocycles. The highest BCUT2D eigenvalue weighted by Crippen LogP contribution is 2.52. The highest BCUT2D eigenvalue weighted by Gasteiger charge is 2.43. The van der Waals surface area contributed by atoms with Gasteiger partial charge in [0.05, 0.1) is 38.6 Å². The molecule has 0 unspecified atom stereocenters. The number of rotatable bonds is 5. The number of ether oxygens (including phenoxy) is 4. The largest absolute Gasteiger partial charge is 0.507 e. The van der Waals surface area contributed by atoms with Crippen molar-refractivity contribution in [3.05, 3.63) is 76.3 Å². The van der Waals surface area contributed by atoms with Crippen molar-refractivity contribution in [2.75, 3.05) is 21.3 Å². The maximum Gasteiger partial charge on any atom is 0.217 e. The lowest BCUT2D eigenvalue weighted by atomic mass is 9.95. The van der Waals surface area contributed by atoms with Crippen LogP contribution in [0.4, 0.5) is 0 Å². The lowest BCUT2D eigenvalue weighted by Gasteiger charge is -2.39. The minimum Gasteiger partial charge on any atom is -0.507 e. The van der Waals surface area contributed by atoms with Crippen LogP contribution < -0.4 is 18.9 Å². The summed E-state index contributed by atoms with van der Waals surface area (Å²) in [5, 5.41) is 17.8. The van der Waals surface area contributed by atoms with E-state index in [1.54, 1.807) is 39.5 Å². The van der Waals surface area contributed by atoms with Crippen LogP contribution in [-0.2, 0) is 0 Å². The molecule has 0 aliphatic carbocycles. The Kier molecular flexibility index (Phi) is 5.42. The summed E-state index contributed by atoms with van der Waals surface area (Å²) in [6.07, 6.45) is -0.0529. The molecule has 2 aliphatic rings. The summed E-state index contributed by atoms with van der Waals surface area (Å²) in [6, 6.07) is 16.3. The monoisotopic (exact) mass is 466 g/mol. The molecular formula is C25H23ClN2O5. The molecule has 0 aromatic heterocycles. The Morgan fingerprint density at radius 2 is 1.70 bits per heavy atom. The molecule has 2 heterocycles. The Bertz CT molecular complexity index is 1250. The average Bonchev–Trinajstić information content (AvgIpc) is 3.29. The number of methoxy groups -OCH3 is 3. The summed E-state index contributed by atoms with van der Waals surface area (Å²) in [5.74, 6) is 2.58. The molecule has 7 nitrogen and oxygen atoms in total. The molecule has 1 N–H and O–H groups in total. The third-order valence-electron chi connectivity index (χ3n) is 5.97. The molecule has 0 bridgehead atoms. The van der Waals surface area contributed by atoms with Crippen LogP contribution in [-0.4, -0.2) is 37.2 Å². The molecule has 0 saturated heterocycles. The van der Waals surface area contributed by atoms with Crippen LogP contribution in [0.2, 0.25) is 5.02 Å². The lowest BCUT2D eigenvalue weighted by molar-refractivity contribution is -0.0223. The molecule has 3 aromatic carbocycles. The zero-order valence-corrected chi connectivity index (χ0v) is 19.2. The number of phenols is 1. The van der Waals surface area contributed by atoms with Gasteiger partial charge in [0.1, 0.15) is 5.75 Å². The highest BCUT2D eigenvalue weighted by atomic mass is 35.5. The van der Waals surface area contributed by atoms with Crippen molar-refractivity contribution < 1.29 is 24.1 Å². The van der Waals surface area contributed by atoms with Crippen LogP contribution in [0.15, 0.2) is 59.7 Å². The van der Waals surface area contributed by atoms with E-state index in [-0.39, 0.29) is 11.8 Å². The fraction of sp³-hybridized carbons (Fsp3) is 0.240. The Labute approximate surface area is 196 Å². The molecule has 170 valence electrons. The van der Waals surface area contributed by atoms with Gasteiger partial charge in [-0.25, -0.2) is 5.01 Å². The lowest BCUT2D eigenvalue weighted by Crippen LogP contribution is -2.34. The van der Waals surface area contributed by atoms with Gasteiger partial charge >= 0.3 is 0 Å². The minimum absolute atomic E-state index is 0.125. The summed E-state index contributed by atoms with van der Waals surface area (Å²) < 4.78 is 23.3. The average molecular weight is 467 g/mol. The maximum absolute atomic E-state index is 10.5. The van der Waals surface area contributed by atoms with Gasteiger partial charge < -0.3 is 24.1 Å². The van der Waals surface area contributed by atoms with Gasteiger partial charge in [0.25, 0.3) is 0 Å². The normalized spacial score (nSPS) is 18.7. The molecule has 3 aromatic rings. The van der Waals surface area contributed by atoms with Gasteiger partial charge in [-0.15, -0.1) is 0 Å². The number of nitrogens with zero attached hydrogens (tertiary/aromatic N) is 2. The van der Waals surface area contributed by atoms with Crippen LogP contribution in [0, 0.1) is 0 Å². The first-order chi connectivity index (χ1) is 16.0. The number of halogens is 1. The van der Waals surface area contributed by atoms with E-state index in [4.69, 9.17) is 35.6 Å². The van der Waals surface area contributed by atoms with Gasteiger partial charge in [0.2, 0.25) is 6.23 Å². The van der Waals surface area contributed by atoms with Crippen molar-refractivity contribution in [2.24, 2.45) is 5.10 Å². The second kappa shape index (κ2) is 8.41. The summed E-state index contributed by atoms with van der Waals surface area (Å²) in [4.78, 5) is 0. The van der Waals surface area contributed by atoms with Crippen LogP contribution >= 0.6 is 11.6 Å². The molecule has 2 atom stereocenters. The Balaban J connectivity index is 1.68. The third-order valence-corrected chi connectivity index (χ3v) is 6.20. The van der Waals surface area contributed by atoms with Gasteiger partial charge in [-0.2, -0.15) is 5.10 Å². The molecule has 0 radical (unpaired) electrons. The molecule has 5 rings (SSSR count). The number of para-hydroxylation sites is 2. The van der Waals surface area contributed by atoms with E-state index in [0.29, 0.717) is 45.7 Å². The number of hydrazone groups is 1. The zero-order chi connectivity index (χ0) is 23.1. The topological polar surface area (TPSA) is 72.8 Å². The van der Waals surface area contributed by atoms with Crippen LogP contribution in [0.1, 0.15) is 35.4 Å². The van der Waals surface area contributed by atoms with Gasteiger partial charge in [-0.3, -0.25) is 0 Å². The van der Waals surface area contributed by atoms with E-state index < -0.39 is 6.23 Å². The molecule has 0 spiro atoms. The molecule has 0 saturated carbocycles. The summed E-state index contributed by atoms with van der Waals surface area (Å²) in [5.41, 5.74) is 3.02. The molecule has 0 amide bonds. The van der Waals surface area contributed by atoms with Gasteiger partial charge in [0.15, 0.2) is 23.0 Å². The second-order valence-electron chi connectivity index (χ2n) is 7.74. The van der Waals surface area contributed by atoms with E-state index in [0.717, 1.165) is 11.1 Å². The fourth-order valence-corrected chi connectivity index (χ4v) is 4.63. The van der Waals surface area contributed by atoms with Crippen molar-refractivity contribution in [3.63, 3.8) is 0 Å². The van der Waals surface area contributed by atoms with Crippen molar-refractivity contribution in [1.82, 2.24) is 5.01 Å². The second-order valence-corrected chi connectivity index (χ2v) is 8.18. The first kappa shape index (κ1) is 21.3. The van der Waals surface area contributed by atoms with Crippen molar-refractivity contribution >= 4 is 17.3 Å². The fourth-order valence-electron chi connectivity index (χ4n) is 4.46. The highest BCUT2D eigenvalue weighted by molar-refractivity contribution is 6.31. The molecule has 0 fully saturated rings. The SMILES string of the molecule is COc1cccc2c1O[C@@H](c1cccc(OC)c1OC)N1N=C(c3cc(Cl)ccc3O)C[C@@H]21. The van der Waals surface area contributed by atoms with Crippen molar-refractivity contribution in [3.8, 4) is 28.7 Å². The van der Waals surface area contributed by atoms with Crippen LogP contribution in [0.3, 0.4) is 0 Å². The quantitative estimate of drug-likeness (QED) is 0.549. The number of hydrogen-bond acceptors (Lipinski definition) is 7. The van der Waals surface area contributed by atoms with Gasteiger partial charge in [-0.05, 0) is 36.4 Å². The first-order valence-corrected chi connectivity index (χ1v) is 10.8. The Morgan fingerprint density at radius 3 is 2.42 bits per heavy atom. The smallest absolute Gasteiger partial charge is 0.217 e. The van der Waals surface area contributed by atoms with Gasteiger partial charge in [-0.1, -0.05) is 29.8 Å². The van der Waals surface area contributed by atoms with E-state index >= 15 is 0 Å². The number of fused-ring (bicyclic) bond motifs is 3. The molecule has 8 heteroatoms. The number of hydrogen-bond donors (Lipinski definition) is 1. The third kappa shape index (κ3) is 3.49. The standard InChI is InChI=1S/C25H23ClN2O5/c1-30-21-8-5-7-16(23(21)32-3)25-28-19(15-6-4-9-22(31-2)24(15)33-25)13-18(27-28)17-12-14(26)10-11-20(17)29/h4-12,19,25,29H,13H2,1-3H3/t19-,25-/m0/s1. The summed E-state index contributed by atoms with van der Waals surface area (Å²) >= 11 is 6.21. The molecule has 33 heavy (non-hydrogen) atoms. The van der Waals surface area contributed by atoms with E-state index in [2.05, 4.69) is 0 Å². The van der Waals surface area contributed by atoms with Crippen LogP contribution in [0.25, 0.3) is 0 Å². The van der Waals surface area contributed by atoms with E-state index in [1.807, 2.05) is 41.4 Å². The predicted octanol–water partition coefficient (Wildman–Crippen LogP) is 5.31. The Morgan fingerprint density at radius 1 is 0.970 bits per heavy atom. The number of phenolic OH excluding ortho intramolecular Hbond substituents is 1. The predicted molar refractivity (Wildman–Crippen MR) is 125 cm³/mol. The zero-order valence-electron chi connectivity index (χ0n) is 18.4. The van der Waals surface area contributed by atoms with Crippen molar-refractivity contribution in [1.29, 1.82) is 0 Å². The first-order valence-electron chi connectivity index (χ1n) is 10.4. The van der Waals surface area contributed by atoms with Gasteiger partial charge in [0, 0.05) is 22.6 Å². The minimum atomic E-state index is -0.609. The Hall–Kier alpha value is -3.58. The van der Waals surface area contributed by atoms with Crippen molar-refractivity contribution in [2.45, 2.75) is 18.7 Å². The molecular weight excluding hydrogens is 444 g/mol. The number of benzene rings is 3. The summed E-state index contributed by atoms with van der Waals surface area (Å²) in [6.45, 7) is 0. The summed E-state index contributed by atoms with van der Waals surface area (Å²) in [7, 11) is 4.81.